The maximum atomic E-state index is 8.47. The molecule has 1 saturated carbocycles. The quantitative estimate of drug-likeness (QED) is 0.671. The van der Waals surface area contributed by atoms with E-state index in [0.29, 0.717) is 24.5 Å². The Morgan fingerprint density at radius 1 is 1.27 bits per heavy atom. The van der Waals surface area contributed by atoms with Crippen LogP contribution in [0.4, 0.5) is 0 Å². The van der Waals surface area contributed by atoms with E-state index >= 15 is 0 Å². The number of nitriles is 1. The molecule has 15 heavy (non-hydrogen) atoms. The van der Waals surface area contributed by atoms with E-state index in [1.54, 1.807) is 0 Å². The van der Waals surface area contributed by atoms with Crippen LogP contribution in [0.3, 0.4) is 0 Å². The van der Waals surface area contributed by atoms with E-state index in [2.05, 4.69) is 6.07 Å². The standard InChI is InChI=1S/C12H19NO2/c1-12(2)14-10-7-9(5-3-4-6-13)8-11(10)15-12/h9-11H,3-5,7-8H2,1-2H3/t9?,10-,11+. The Kier molecular flexibility index (Phi) is 2.99. The molecule has 3 nitrogen and oxygen atoms in total. The fourth-order valence-electron chi connectivity index (χ4n) is 2.77. The van der Waals surface area contributed by atoms with Crippen LogP contribution in [-0.2, 0) is 9.47 Å². The molecular weight excluding hydrogens is 190 g/mol. The van der Waals surface area contributed by atoms with Gasteiger partial charge in [-0.25, -0.2) is 0 Å². The summed E-state index contributed by atoms with van der Waals surface area (Å²) in [7, 11) is 0. The monoisotopic (exact) mass is 209 g/mol. The van der Waals surface area contributed by atoms with Crippen molar-refractivity contribution in [2.45, 2.75) is 63.9 Å². The smallest absolute Gasteiger partial charge is 0.163 e. The summed E-state index contributed by atoms with van der Waals surface area (Å²) < 4.78 is 11.6. The second kappa shape index (κ2) is 4.11. The van der Waals surface area contributed by atoms with Crippen molar-refractivity contribution >= 4 is 0 Å². The number of hydrogen-bond acceptors (Lipinski definition) is 3. The van der Waals surface area contributed by atoms with Crippen LogP contribution in [-0.4, -0.2) is 18.0 Å². The van der Waals surface area contributed by atoms with Gasteiger partial charge >= 0.3 is 0 Å². The second-order valence-corrected chi connectivity index (χ2v) is 5.10. The summed E-state index contributed by atoms with van der Waals surface area (Å²) in [6.45, 7) is 3.96. The Labute approximate surface area is 91.4 Å². The number of fused-ring (bicyclic) bond motifs is 1. The fourth-order valence-corrected chi connectivity index (χ4v) is 2.77. The maximum Gasteiger partial charge on any atom is 0.163 e. The highest BCUT2D eigenvalue weighted by Gasteiger charge is 2.46. The Morgan fingerprint density at radius 2 is 1.87 bits per heavy atom. The van der Waals surface area contributed by atoms with Crippen LogP contribution in [0, 0.1) is 17.2 Å². The van der Waals surface area contributed by atoms with Crippen molar-refractivity contribution in [2.24, 2.45) is 5.92 Å². The lowest BCUT2D eigenvalue weighted by Crippen LogP contribution is -2.23. The van der Waals surface area contributed by atoms with Crippen LogP contribution in [0.2, 0.25) is 0 Å². The Bertz CT molecular complexity index is 253. The van der Waals surface area contributed by atoms with Crippen molar-refractivity contribution in [3.8, 4) is 6.07 Å². The Hall–Kier alpha value is -0.590. The lowest BCUT2D eigenvalue weighted by Gasteiger charge is -2.20. The number of nitrogens with zero attached hydrogens (tertiary/aromatic N) is 1. The second-order valence-electron chi connectivity index (χ2n) is 5.10. The Balaban J connectivity index is 1.77. The Morgan fingerprint density at radius 3 is 2.40 bits per heavy atom. The number of ether oxygens (including phenoxy) is 2. The summed E-state index contributed by atoms with van der Waals surface area (Å²) in [5.74, 6) is 0.317. The zero-order valence-electron chi connectivity index (χ0n) is 9.53. The van der Waals surface area contributed by atoms with Crippen LogP contribution in [0.15, 0.2) is 0 Å². The molecule has 2 aliphatic rings. The number of hydrogen-bond donors (Lipinski definition) is 0. The molecule has 1 heterocycles. The molecule has 84 valence electrons. The van der Waals surface area contributed by atoms with Crippen molar-refractivity contribution in [1.82, 2.24) is 0 Å². The largest absolute Gasteiger partial charge is 0.345 e. The molecule has 0 spiro atoms. The molecule has 0 aromatic heterocycles. The first-order valence-corrected chi connectivity index (χ1v) is 5.83. The van der Waals surface area contributed by atoms with E-state index in [4.69, 9.17) is 14.7 Å². The van der Waals surface area contributed by atoms with Gasteiger partial charge in [-0.15, -0.1) is 0 Å². The molecule has 0 aromatic carbocycles. The van der Waals surface area contributed by atoms with Gasteiger partial charge in [-0.05, 0) is 45.4 Å². The minimum Gasteiger partial charge on any atom is -0.345 e. The molecule has 1 aliphatic carbocycles. The van der Waals surface area contributed by atoms with Crippen molar-refractivity contribution in [2.75, 3.05) is 0 Å². The predicted molar refractivity (Wildman–Crippen MR) is 56.0 cm³/mol. The molecule has 3 atom stereocenters. The van der Waals surface area contributed by atoms with Crippen LogP contribution in [0.25, 0.3) is 0 Å². The van der Waals surface area contributed by atoms with Gasteiger partial charge < -0.3 is 9.47 Å². The molecular formula is C12H19NO2. The molecule has 1 unspecified atom stereocenters. The lowest BCUT2D eigenvalue weighted by molar-refractivity contribution is -0.154. The third kappa shape index (κ3) is 2.50. The summed E-state index contributed by atoms with van der Waals surface area (Å²) in [5, 5.41) is 8.47. The highest BCUT2D eigenvalue weighted by molar-refractivity contribution is 4.91. The van der Waals surface area contributed by atoms with Gasteiger partial charge in [0.15, 0.2) is 5.79 Å². The lowest BCUT2D eigenvalue weighted by atomic mass is 10.0. The van der Waals surface area contributed by atoms with Crippen molar-refractivity contribution in [3.63, 3.8) is 0 Å². The highest BCUT2D eigenvalue weighted by Crippen LogP contribution is 2.42. The van der Waals surface area contributed by atoms with Gasteiger partial charge in [-0.2, -0.15) is 5.26 Å². The van der Waals surface area contributed by atoms with Gasteiger partial charge in [-0.3, -0.25) is 0 Å². The fraction of sp³-hybridized carbons (Fsp3) is 0.917. The van der Waals surface area contributed by atoms with Crippen molar-refractivity contribution in [1.29, 1.82) is 5.26 Å². The first kappa shape index (κ1) is 10.9. The highest BCUT2D eigenvalue weighted by atomic mass is 16.8. The summed E-state index contributed by atoms with van der Waals surface area (Å²) in [6, 6.07) is 2.19. The summed E-state index contributed by atoms with van der Waals surface area (Å²) in [4.78, 5) is 0. The summed E-state index contributed by atoms with van der Waals surface area (Å²) in [5.41, 5.74) is 0. The maximum absolute atomic E-state index is 8.47. The van der Waals surface area contributed by atoms with Crippen LogP contribution in [0.1, 0.15) is 46.0 Å². The van der Waals surface area contributed by atoms with Crippen molar-refractivity contribution < 1.29 is 9.47 Å². The SMILES string of the molecule is CC1(C)O[C@H]2CC(CCCC#N)C[C@H]2O1. The summed E-state index contributed by atoms with van der Waals surface area (Å²) >= 11 is 0. The summed E-state index contributed by atoms with van der Waals surface area (Å²) in [6.07, 6.45) is 5.66. The minimum atomic E-state index is -0.382. The molecule has 1 aliphatic heterocycles. The van der Waals surface area contributed by atoms with E-state index in [1.807, 2.05) is 13.8 Å². The molecule has 0 amide bonds. The third-order valence-electron chi connectivity index (χ3n) is 3.32. The molecule has 2 rings (SSSR count). The van der Waals surface area contributed by atoms with E-state index < -0.39 is 0 Å². The molecule has 3 heteroatoms. The van der Waals surface area contributed by atoms with Crippen molar-refractivity contribution in [3.05, 3.63) is 0 Å². The zero-order chi connectivity index (χ0) is 10.9. The van der Waals surface area contributed by atoms with Gasteiger partial charge in [0.25, 0.3) is 0 Å². The van der Waals surface area contributed by atoms with E-state index in [9.17, 15) is 0 Å². The first-order valence-electron chi connectivity index (χ1n) is 5.83. The molecule has 0 radical (unpaired) electrons. The van der Waals surface area contributed by atoms with Crippen LogP contribution in [0.5, 0.6) is 0 Å². The van der Waals surface area contributed by atoms with E-state index in [0.717, 1.165) is 25.7 Å². The average molecular weight is 209 g/mol. The molecule has 0 aromatic rings. The van der Waals surface area contributed by atoms with Gasteiger partial charge in [-0.1, -0.05) is 0 Å². The van der Waals surface area contributed by atoms with E-state index in [-0.39, 0.29) is 5.79 Å². The molecule has 1 saturated heterocycles. The topological polar surface area (TPSA) is 42.2 Å². The van der Waals surface area contributed by atoms with Gasteiger partial charge in [0.1, 0.15) is 0 Å². The zero-order valence-corrected chi connectivity index (χ0v) is 9.53. The molecule has 0 N–H and O–H groups in total. The number of rotatable bonds is 3. The van der Waals surface area contributed by atoms with Crippen LogP contribution < -0.4 is 0 Å². The average Bonchev–Trinajstić information content (AvgIpc) is 2.58. The predicted octanol–water partition coefficient (Wildman–Crippen LogP) is 2.61. The molecule has 2 fully saturated rings. The number of unbranched alkanes of at least 4 members (excludes halogenated alkanes) is 1. The molecule has 0 bridgehead atoms. The third-order valence-corrected chi connectivity index (χ3v) is 3.32. The minimum absolute atomic E-state index is 0.298. The van der Waals surface area contributed by atoms with E-state index in [1.165, 1.54) is 0 Å². The van der Waals surface area contributed by atoms with Gasteiger partial charge in [0.05, 0.1) is 18.3 Å². The first-order chi connectivity index (χ1) is 7.11. The van der Waals surface area contributed by atoms with Gasteiger partial charge in [0.2, 0.25) is 0 Å². The normalized spacial score (nSPS) is 37.5. The van der Waals surface area contributed by atoms with Gasteiger partial charge in [0, 0.05) is 6.42 Å². The van der Waals surface area contributed by atoms with Crippen LogP contribution >= 0.6 is 0 Å².